The minimum Gasteiger partial charge on any atom is -0.452 e. The first-order chi connectivity index (χ1) is 20.9. The van der Waals surface area contributed by atoms with Crippen molar-refractivity contribution in [2.75, 3.05) is 25.6 Å². The van der Waals surface area contributed by atoms with Crippen molar-refractivity contribution in [3.63, 3.8) is 0 Å². The minimum atomic E-state index is -0.805. The van der Waals surface area contributed by atoms with Gasteiger partial charge in [-0.25, -0.2) is 19.6 Å². The standard InChI is InChI=1S/C15H16IN3O2.C12H14IN3.C3H4Cl2O2.3CH4/c1-10(19-7-8-21-15(19)20)14-17-13(9-18(14)2)11-3-5-12(16)6-4-11;1-8(14)12-15-11(7-16(12)2)9-3-5-10(13)6-4-9;4-1-2-7-3(5)6;;;/h3-6,9-10H,7-8H2,1-2H3;3-8H,14H2,1-2H3;1-2H2;3*1H4/t10-;8-;;;;/m11..../s1. The van der Waals surface area contributed by atoms with Crippen molar-refractivity contribution in [1.29, 1.82) is 0 Å². The van der Waals surface area contributed by atoms with Gasteiger partial charge in [-0.05, 0) is 83.3 Å². The third-order valence-electron chi connectivity index (χ3n) is 6.44. The largest absolute Gasteiger partial charge is 0.452 e. The quantitative estimate of drug-likeness (QED) is 0.112. The highest BCUT2D eigenvalue weighted by atomic mass is 127. The van der Waals surface area contributed by atoms with E-state index < -0.39 is 5.43 Å². The maximum absolute atomic E-state index is 11.7. The second kappa shape index (κ2) is 21.5. The van der Waals surface area contributed by atoms with Gasteiger partial charge in [0.2, 0.25) is 0 Å². The third kappa shape index (κ3) is 13.2. The number of nitrogens with zero attached hydrogens (tertiary/aromatic N) is 5. The predicted octanol–water partition coefficient (Wildman–Crippen LogP) is 9.43. The van der Waals surface area contributed by atoms with Crippen molar-refractivity contribution in [3.8, 4) is 22.5 Å². The molecule has 0 spiro atoms. The summed E-state index contributed by atoms with van der Waals surface area (Å²) >= 11 is 14.4. The molecule has 260 valence electrons. The lowest BCUT2D eigenvalue weighted by Gasteiger charge is -2.20. The van der Waals surface area contributed by atoms with E-state index in [0.29, 0.717) is 19.0 Å². The van der Waals surface area contributed by atoms with Crippen LogP contribution in [0.5, 0.6) is 0 Å². The van der Waals surface area contributed by atoms with Gasteiger partial charge in [-0.3, -0.25) is 4.90 Å². The highest BCUT2D eigenvalue weighted by Crippen LogP contribution is 2.26. The molecule has 3 heterocycles. The number of hydrogen-bond acceptors (Lipinski definition) is 7. The number of cyclic esters (lactones) is 1. The molecule has 0 radical (unpaired) electrons. The number of carbonyl (C=O) groups is 2. The predicted molar refractivity (Wildman–Crippen MR) is 210 cm³/mol. The number of carbonyl (C=O) groups excluding carboxylic acids is 2. The highest BCUT2D eigenvalue weighted by molar-refractivity contribution is 14.1. The summed E-state index contributed by atoms with van der Waals surface area (Å²) < 4.78 is 15.6. The Hall–Kier alpha value is -2.40. The Morgan fingerprint density at radius 3 is 1.70 bits per heavy atom. The number of aryl methyl sites for hydroxylation is 2. The van der Waals surface area contributed by atoms with Gasteiger partial charge in [-0.15, -0.1) is 11.6 Å². The lowest BCUT2D eigenvalue weighted by molar-refractivity contribution is 0.148. The maximum atomic E-state index is 11.7. The number of alkyl halides is 1. The zero-order chi connectivity index (χ0) is 32.4. The van der Waals surface area contributed by atoms with Crippen molar-refractivity contribution < 1.29 is 19.1 Å². The van der Waals surface area contributed by atoms with Crippen LogP contribution >= 0.6 is 68.4 Å². The topological polar surface area (TPSA) is 117 Å². The molecule has 47 heavy (non-hydrogen) atoms. The summed E-state index contributed by atoms with van der Waals surface area (Å²) in [5.74, 6) is 2.06. The number of amides is 1. The van der Waals surface area contributed by atoms with Crippen molar-refractivity contribution in [2.24, 2.45) is 19.8 Å². The van der Waals surface area contributed by atoms with Crippen molar-refractivity contribution >= 4 is 79.9 Å². The molecule has 1 saturated heterocycles. The number of halogens is 4. The molecule has 2 aromatic heterocycles. The second-order valence-corrected chi connectivity index (χ2v) is 12.9. The van der Waals surface area contributed by atoms with Crippen LogP contribution in [-0.2, 0) is 23.6 Å². The van der Waals surface area contributed by atoms with E-state index in [1.54, 1.807) is 4.90 Å². The van der Waals surface area contributed by atoms with Crippen LogP contribution in [0.1, 0.15) is 59.9 Å². The van der Waals surface area contributed by atoms with Crippen molar-refractivity contribution in [2.45, 2.75) is 48.2 Å². The number of aromatic nitrogens is 4. The average Bonchev–Trinajstić information content (AvgIpc) is 3.71. The molecule has 2 N–H and O–H groups in total. The fourth-order valence-corrected chi connectivity index (χ4v) is 5.18. The molecule has 1 aliphatic heterocycles. The van der Waals surface area contributed by atoms with E-state index in [0.717, 1.165) is 34.2 Å². The monoisotopic (exact) mass is 914 g/mol. The Balaban J connectivity index is 0.000000728. The molecule has 1 amide bonds. The summed E-state index contributed by atoms with van der Waals surface area (Å²) in [7, 11) is 3.93. The molecule has 0 saturated carbocycles. The number of hydrogen-bond donors (Lipinski definition) is 1. The summed E-state index contributed by atoms with van der Waals surface area (Å²) in [4.78, 5) is 32.3. The first-order valence-corrected chi connectivity index (χ1v) is 16.6. The van der Waals surface area contributed by atoms with Gasteiger partial charge in [0.1, 0.15) is 24.9 Å². The normalized spacial score (nSPS) is 12.8. The summed E-state index contributed by atoms with van der Waals surface area (Å²) in [5.41, 5.74) is 9.14. The number of rotatable bonds is 7. The van der Waals surface area contributed by atoms with Gasteiger partial charge < -0.3 is 24.3 Å². The minimum absolute atomic E-state index is 0. The molecular weight excluding hydrogens is 869 g/mol. The maximum Gasteiger partial charge on any atom is 0.410 e. The number of benzene rings is 2. The molecule has 4 aromatic rings. The first kappa shape index (κ1) is 44.6. The Labute approximate surface area is 316 Å². The summed E-state index contributed by atoms with van der Waals surface area (Å²) in [6, 6.07) is 16.4. The molecule has 10 nitrogen and oxygen atoms in total. The van der Waals surface area contributed by atoms with Crippen LogP contribution in [0.2, 0.25) is 0 Å². The fraction of sp³-hybridized carbons (Fsp3) is 0.394. The van der Waals surface area contributed by atoms with E-state index in [1.807, 2.05) is 49.5 Å². The highest BCUT2D eigenvalue weighted by Gasteiger charge is 2.30. The van der Waals surface area contributed by atoms with Gasteiger partial charge in [0, 0.05) is 56.4 Å². The average molecular weight is 915 g/mol. The van der Waals surface area contributed by atoms with Crippen LogP contribution in [0.25, 0.3) is 22.5 Å². The SMILES string of the molecule is C.C.C.C[C@@H](N)c1nc(-c2ccc(I)cc2)cn1C.C[C@H](c1nc(-c2ccc(I)cc2)cn1C)N1CCOC1=O.O=C(Cl)OCCCl. The van der Waals surface area contributed by atoms with Gasteiger partial charge >= 0.3 is 11.5 Å². The zero-order valence-electron chi connectivity index (χ0n) is 24.7. The van der Waals surface area contributed by atoms with Gasteiger partial charge in [-0.1, -0.05) is 46.5 Å². The molecule has 5 rings (SSSR count). The Morgan fingerprint density at radius 2 is 1.36 bits per heavy atom. The molecule has 0 unspecified atom stereocenters. The van der Waals surface area contributed by atoms with Gasteiger partial charge in [0.15, 0.2) is 0 Å². The second-order valence-electron chi connectivity index (χ2n) is 9.75. The molecule has 0 bridgehead atoms. The number of ether oxygens (including phenoxy) is 2. The van der Waals surface area contributed by atoms with E-state index in [9.17, 15) is 9.59 Å². The number of imidazole rings is 2. The fourth-order valence-electron chi connectivity index (χ4n) is 4.31. The zero-order valence-corrected chi connectivity index (χ0v) is 30.5. The van der Waals surface area contributed by atoms with Crippen LogP contribution in [0.15, 0.2) is 60.9 Å². The van der Waals surface area contributed by atoms with Crippen LogP contribution in [-0.4, -0.2) is 61.2 Å². The summed E-state index contributed by atoms with van der Waals surface area (Å²) in [6.07, 6.45) is 3.75. The van der Waals surface area contributed by atoms with Crippen LogP contribution in [0, 0.1) is 7.14 Å². The van der Waals surface area contributed by atoms with Crippen LogP contribution < -0.4 is 5.73 Å². The van der Waals surface area contributed by atoms with Crippen LogP contribution in [0.4, 0.5) is 9.59 Å². The Kier molecular flexibility index (Phi) is 20.4. The first-order valence-electron chi connectivity index (χ1n) is 13.6. The van der Waals surface area contributed by atoms with Gasteiger partial charge in [0.05, 0.1) is 35.9 Å². The van der Waals surface area contributed by atoms with Crippen LogP contribution in [0.3, 0.4) is 0 Å². The van der Waals surface area contributed by atoms with Crippen molar-refractivity contribution in [3.05, 3.63) is 79.7 Å². The van der Waals surface area contributed by atoms with E-state index in [-0.39, 0.29) is 47.1 Å². The molecule has 2 atom stereocenters. The molecular formula is C33H46Cl2I2N6O4. The van der Waals surface area contributed by atoms with Crippen molar-refractivity contribution in [1.82, 2.24) is 24.0 Å². The molecule has 2 aromatic carbocycles. The lowest BCUT2D eigenvalue weighted by atomic mass is 10.2. The lowest BCUT2D eigenvalue weighted by Crippen LogP contribution is -2.29. The molecule has 0 aliphatic carbocycles. The smallest absolute Gasteiger partial charge is 0.410 e. The summed E-state index contributed by atoms with van der Waals surface area (Å²) in [6.45, 7) is 5.18. The molecule has 1 fully saturated rings. The third-order valence-corrected chi connectivity index (χ3v) is 8.14. The van der Waals surface area contributed by atoms with Gasteiger partial charge in [0.25, 0.3) is 0 Å². The molecule has 14 heteroatoms. The summed E-state index contributed by atoms with van der Waals surface area (Å²) in [5, 5.41) is 0. The Morgan fingerprint density at radius 1 is 0.915 bits per heavy atom. The van der Waals surface area contributed by atoms with E-state index in [2.05, 4.69) is 103 Å². The molecule has 1 aliphatic rings. The van der Waals surface area contributed by atoms with Gasteiger partial charge in [-0.2, -0.15) is 0 Å². The van der Waals surface area contributed by atoms with E-state index in [4.69, 9.17) is 38.7 Å². The van der Waals surface area contributed by atoms with E-state index in [1.165, 1.54) is 7.14 Å². The van der Waals surface area contributed by atoms with E-state index >= 15 is 0 Å². The number of nitrogens with two attached hydrogens (primary N) is 1. The Bertz CT molecular complexity index is 1530.